The van der Waals surface area contributed by atoms with Crippen molar-refractivity contribution in [3.05, 3.63) is 23.7 Å². The van der Waals surface area contributed by atoms with E-state index in [4.69, 9.17) is 9.52 Å². The van der Waals surface area contributed by atoms with Crippen LogP contribution in [-0.4, -0.2) is 47.1 Å². The smallest absolute Gasteiger partial charge is 0.406 e. The Balaban J connectivity index is 1.86. The van der Waals surface area contributed by atoms with Gasteiger partial charge in [0.25, 0.3) is 0 Å². The lowest BCUT2D eigenvalue weighted by Gasteiger charge is -2.18. The molecule has 2 heterocycles. The van der Waals surface area contributed by atoms with Crippen LogP contribution in [0.25, 0.3) is 0 Å². The van der Waals surface area contributed by atoms with E-state index in [2.05, 4.69) is 5.32 Å². The summed E-state index contributed by atoms with van der Waals surface area (Å²) < 4.78 is 41.8. The highest BCUT2D eigenvalue weighted by atomic mass is 19.4. The van der Waals surface area contributed by atoms with Gasteiger partial charge in [0.15, 0.2) is 0 Å². The maximum absolute atomic E-state index is 12.3. The van der Waals surface area contributed by atoms with E-state index in [0.29, 0.717) is 4.90 Å². The number of halogens is 3. The summed E-state index contributed by atoms with van der Waals surface area (Å²) in [4.78, 5) is 34.6. The Morgan fingerprint density at radius 3 is 2.65 bits per heavy atom. The van der Waals surface area contributed by atoms with Crippen LogP contribution in [0.4, 0.5) is 13.2 Å². The predicted octanol–water partition coefficient (Wildman–Crippen LogP) is 1.00. The highest BCUT2D eigenvalue weighted by Crippen LogP contribution is 2.24. The van der Waals surface area contributed by atoms with Crippen LogP contribution in [0.15, 0.2) is 16.5 Å². The minimum atomic E-state index is -4.51. The van der Waals surface area contributed by atoms with Crippen LogP contribution in [-0.2, 0) is 16.1 Å². The average molecular weight is 334 g/mol. The van der Waals surface area contributed by atoms with Gasteiger partial charge in [-0.3, -0.25) is 9.59 Å². The summed E-state index contributed by atoms with van der Waals surface area (Å²) in [6.07, 6.45) is -4.80. The van der Waals surface area contributed by atoms with Gasteiger partial charge in [0.1, 0.15) is 12.3 Å². The third-order valence-electron chi connectivity index (χ3n) is 3.26. The highest BCUT2D eigenvalue weighted by Gasteiger charge is 2.40. The number of rotatable bonds is 5. The first-order valence-corrected chi connectivity index (χ1v) is 6.60. The predicted molar refractivity (Wildman–Crippen MR) is 68.3 cm³/mol. The largest absolute Gasteiger partial charge is 0.475 e. The molecule has 1 unspecified atom stereocenters. The summed E-state index contributed by atoms with van der Waals surface area (Å²) in [6.45, 7) is -1.80. The number of carboxylic acid groups (broad SMARTS) is 1. The van der Waals surface area contributed by atoms with Crippen LogP contribution < -0.4 is 5.32 Å². The minimum Gasteiger partial charge on any atom is -0.475 e. The molecular formula is C13H13F3N2O5. The zero-order chi connectivity index (χ0) is 17.2. The van der Waals surface area contributed by atoms with Crippen molar-refractivity contribution in [2.45, 2.75) is 19.1 Å². The van der Waals surface area contributed by atoms with Gasteiger partial charge in [0.2, 0.25) is 17.6 Å². The van der Waals surface area contributed by atoms with Gasteiger partial charge in [0.05, 0.1) is 12.5 Å². The Labute approximate surface area is 128 Å². The molecule has 0 aliphatic carbocycles. The molecule has 1 aromatic rings. The number of carbonyl (C=O) groups excluding carboxylic acids is 2. The lowest BCUT2D eigenvalue weighted by molar-refractivity contribution is -0.157. The van der Waals surface area contributed by atoms with Crippen LogP contribution in [0.1, 0.15) is 22.7 Å². The molecule has 2 amide bonds. The van der Waals surface area contributed by atoms with Crippen LogP contribution in [0.3, 0.4) is 0 Å². The third kappa shape index (κ3) is 4.47. The van der Waals surface area contributed by atoms with Gasteiger partial charge in [-0.05, 0) is 12.1 Å². The minimum absolute atomic E-state index is 0.115. The first-order valence-electron chi connectivity index (χ1n) is 6.60. The van der Waals surface area contributed by atoms with Crippen molar-refractivity contribution in [1.29, 1.82) is 0 Å². The van der Waals surface area contributed by atoms with Crippen molar-refractivity contribution in [3.63, 3.8) is 0 Å². The number of carboxylic acids is 1. The van der Waals surface area contributed by atoms with Gasteiger partial charge < -0.3 is 19.7 Å². The average Bonchev–Trinajstić information content (AvgIpc) is 3.02. The Morgan fingerprint density at radius 1 is 1.39 bits per heavy atom. The molecule has 1 atom stereocenters. The third-order valence-corrected chi connectivity index (χ3v) is 3.26. The van der Waals surface area contributed by atoms with Crippen LogP contribution in [0.5, 0.6) is 0 Å². The SMILES string of the molecule is O=C(O)c1ccc(CNC(=O)C2CC(=O)N(CC(F)(F)F)C2)o1. The highest BCUT2D eigenvalue weighted by molar-refractivity contribution is 5.89. The van der Waals surface area contributed by atoms with Crippen molar-refractivity contribution in [1.82, 2.24) is 10.2 Å². The number of furan rings is 1. The van der Waals surface area contributed by atoms with E-state index < -0.39 is 36.4 Å². The Bertz CT molecular complexity index is 625. The molecule has 10 heteroatoms. The zero-order valence-corrected chi connectivity index (χ0v) is 11.7. The van der Waals surface area contributed by atoms with E-state index >= 15 is 0 Å². The molecule has 0 spiro atoms. The van der Waals surface area contributed by atoms with Gasteiger partial charge in [0, 0.05) is 13.0 Å². The summed E-state index contributed by atoms with van der Waals surface area (Å²) in [5.74, 6) is -3.55. The molecule has 0 bridgehead atoms. The van der Waals surface area contributed by atoms with E-state index in [1.807, 2.05) is 0 Å². The summed E-state index contributed by atoms with van der Waals surface area (Å²) in [5.41, 5.74) is 0. The number of aromatic carboxylic acids is 1. The molecule has 126 valence electrons. The Kier molecular flexibility index (Phi) is 4.62. The number of hydrogen-bond acceptors (Lipinski definition) is 4. The van der Waals surface area contributed by atoms with Gasteiger partial charge >= 0.3 is 12.1 Å². The second-order valence-electron chi connectivity index (χ2n) is 5.08. The summed E-state index contributed by atoms with van der Waals surface area (Å²) in [7, 11) is 0. The molecule has 23 heavy (non-hydrogen) atoms. The number of nitrogens with one attached hydrogen (secondary N) is 1. The van der Waals surface area contributed by atoms with Crippen molar-refractivity contribution in [3.8, 4) is 0 Å². The molecule has 0 saturated carbocycles. The topological polar surface area (TPSA) is 99.8 Å². The first kappa shape index (κ1) is 16.8. The number of nitrogens with zero attached hydrogens (tertiary/aromatic N) is 1. The quantitative estimate of drug-likeness (QED) is 0.837. The number of likely N-dealkylation sites (tertiary alicyclic amines) is 1. The van der Waals surface area contributed by atoms with Crippen molar-refractivity contribution in [2.24, 2.45) is 5.92 Å². The van der Waals surface area contributed by atoms with Crippen molar-refractivity contribution in [2.75, 3.05) is 13.1 Å². The van der Waals surface area contributed by atoms with E-state index in [9.17, 15) is 27.6 Å². The van der Waals surface area contributed by atoms with Gasteiger partial charge in [-0.15, -0.1) is 0 Å². The van der Waals surface area contributed by atoms with Crippen LogP contribution in [0, 0.1) is 5.92 Å². The normalized spacial score (nSPS) is 18.3. The fraction of sp³-hybridized carbons (Fsp3) is 0.462. The fourth-order valence-electron chi connectivity index (χ4n) is 2.22. The molecule has 7 nitrogen and oxygen atoms in total. The van der Waals surface area contributed by atoms with E-state index in [0.717, 1.165) is 0 Å². The lowest BCUT2D eigenvalue weighted by atomic mass is 10.1. The molecule has 0 aromatic carbocycles. The molecule has 2 N–H and O–H groups in total. The number of alkyl halides is 3. The summed E-state index contributed by atoms with van der Waals surface area (Å²) in [6, 6.07) is 2.58. The molecule has 2 rings (SSSR count). The van der Waals surface area contributed by atoms with E-state index in [-0.39, 0.29) is 31.0 Å². The monoisotopic (exact) mass is 334 g/mol. The maximum atomic E-state index is 12.3. The summed E-state index contributed by atoms with van der Waals surface area (Å²) >= 11 is 0. The second kappa shape index (κ2) is 6.31. The number of hydrogen-bond donors (Lipinski definition) is 2. The molecule has 1 aromatic heterocycles. The lowest BCUT2D eigenvalue weighted by Crippen LogP contribution is -2.37. The molecular weight excluding hydrogens is 321 g/mol. The molecule has 1 saturated heterocycles. The Hall–Kier alpha value is -2.52. The van der Waals surface area contributed by atoms with E-state index in [1.165, 1.54) is 12.1 Å². The number of carbonyl (C=O) groups is 3. The van der Waals surface area contributed by atoms with Crippen LogP contribution in [0.2, 0.25) is 0 Å². The van der Waals surface area contributed by atoms with Gasteiger partial charge in [-0.1, -0.05) is 0 Å². The van der Waals surface area contributed by atoms with Crippen molar-refractivity contribution < 1.29 is 37.1 Å². The molecule has 1 aliphatic rings. The molecule has 1 fully saturated rings. The van der Waals surface area contributed by atoms with Crippen molar-refractivity contribution >= 4 is 17.8 Å². The first-order chi connectivity index (χ1) is 10.7. The van der Waals surface area contributed by atoms with Gasteiger partial charge in [-0.25, -0.2) is 4.79 Å². The summed E-state index contributed by atoms with van der Waals surface area (Å²) in [5, 5.41) is 11.1. The Morgan fingerprint density at radius 2 is 2.09 bits per heavy atom. The van der Waals surface area contributed by atoms with Gasteiger partial charge in [-0.2, -0.15) is 13.2 Å². The zero-order valence-electron chi connectivity index (χ0n) is 11.7. The molecule has 1 aliphatic heterocycles. The van der Waals surface area contributed by atoms with Crippen LogP contribution >= 0.6 is 0 Å². The molecule has 0 radical (unpaired) electrons. The van der Waals surface area contributed by atoms with E-state index in [1.54, 1.807) is 0 Å². The standard InChI is InChI=1S/C13H13F3N2O5/c14-13(15,16)6-18-5-7(3-10(18)19)11(20)17-4-8-1-2-9(23-8)12(21)22/h1-2,7H,3-6H2,(H,17,20)(H,21,22). The maximum Gasteiger partial charge on any atom is 0.406 e. The number of amides is 2. The fourth-order valence-corrected chi connectivity index (χ4v) is 2.22. The second-order valence-corrected chi connectivity index (χ2v) is 5.08.